The van der Waals surface area contributed by atoms with E-state index >= 15 is 0 Å². The molecule has 2 heterocycles. The highest BCUT2D eigenvalue weighted by Gasteiger charge is 2.16. The standard InChI is InChI=1S/C13H17BrN4O2/c1-4-18-6-9(15)5-10(18)13(19)20-7-11-12(14)8(2)16-17(11)3/h5-6H,4,7,15H2,1-3H3. The minimum Gasteiger partial charge on any atom is -0.454 e. The van der Waals surface area contributed by atoms with Gasteiger partial charge in [0.2, 0.25) is 0 Å². The van der Waals surface area contributed by atoms with Gasteiger partial charge < -0.3 is 15.0 Å². The maximum Gasteiger partial charge on any atom is 0.355 e. The summed E-state index contributed by atoms with van der Waals surface area (Å²) in [6, 6.07) is 1.62. The number of hydrogen-bond donors (Lipinski definition) is 1. The molecule has 0 aliphatic carbocycles. The normalized spacial score (nSPS) is 10.8. The van der Waals surface area contributed by atoms with Crippen LogP contribution in [0.4, 0.5) is 5.69 Å². The van der Waals surface area contributed by atoms with E-state index in [1.54, 1.807) is 21.5 Å². The lowest BCUT2D eigenvalue weighted by atomic mass is 10.4. The van der Waals surface area contributed by atoms with Gasteiger partial charge in [-0.15, -0.1) is 0 Å². The number of rotatable bonds is 4. The molecule has 0 saturated carbocycles. The smallest absolute Gasteiger partial charge is 0.355 e. The van der Waals surface area contributed by atoms with Gasteiger partial charge in [0.1, 0.15) is 12.3 Å². The Kier molecular flexibility index (Phi) is 4.17. The van der Waals surface area contributed by atoms with E-state index in [4.69, 9.17) is 10.5 Å². The van der Waals surface area contributed by atoms with Crippen molar-refractivity contribution >= 4 is 27.6 Å². The molecule has 0 atom stereocenters. The average molecular weight is 341 g/mol. The molecule has 0 aromatic carbocycles. The maximum absolute atomic E-state index is 12.1. The lowest BCUT2D eigenvalue weighted by Crippen LogP contribution is -2.12. The molecule has 0 radical (unpaired) electrons. The number of carbonyl (C=O) groups is 1. The highest BCUT2D eigenvalue weighted by Crippen LogP contribution is 2.21. The lowest BCUT2D eigenvalue weighted by molar-refractivity contribution is 0.0450. The summed E-state index contributed by atoms with van der Waals surface area (Å²) >= 11 is 3.44. The molecular formula is C13H17BrN4O2. The number of halogens is 1. The first-order chi connectivity index (χ1) is 9.43. The quantitative estimate of drug-likeness (QED) is 0.866. The number of anilines is 1. The number of ether oxygens (including phenoxy) is 1. The Morgan fingerprint density at radius 3 is 2.80 bits per heavy atom. The van der Waals surface area contributed by atoms with E-state index in [1.165, 1.54) is 0 Å². The number of hydrogen-bond acceptors (Lipinski definition) is 4. The Balaban J connectivity index is 2.12. The summed E-state index contributed by atoms with van der Waals surface area (Å²) in [4.78, 5) is 12.1. The molecule has 0 fully saturated rings. The van der Waals surface area contributed by atoms with Crippen molar-refractivity contribution in [3.8, 4) is 0 Å². The summed E-state index contributed by atoms with van der Waals surface area (Å²) in [5.41, 5.74) is 8.39. The van der Waals surface area contributed by atoms with E-state index in [-0.39, 0.29) is 6.61 Å². The SMILES string of the molecule is CCn1cc(N)cc1C(=O)OCc1c(Br)c(C)nn1C. The van der Waals surface area contributed by atoms with Gasteiger partial charge in [-0.1, -0.05) is 0 Å². The first-order valence-corrected chi connectivity index (χ1v) is 7.04. The average Bonchev–Trinajstić information content (AvgIpc) is 2.89. The zero-order valence-electron chi connectivity index (χ0n) is 11.7. The van der Waals surface area contributed by atoms with Crippen molar-refractivity contribution in [1.82, 2.24) is 14.3 Å². The number of nitrogens with two attached hydrogens (primary N) is 1. The molecule has 0 aliphatic heterocycles. The number of carbonyl (C=O) groups excluding carboxylic acids is 1. The zero-order valence-corrected chi connectivity index (χ0v) is 13.3. The summed E-state index contributed by atoms with van der Waals surface area (Å²) in [5, 5.41) is 4.25. The molecule has 2 N–H and O–H groups in total. The lowest BCUT2D eigenvalue weighted by Gasteiger charge is -2.07. The molecule has 2 aromatic rings. The van der Waals surface area contributed by atoms with E-state index in [0.29, 0.717) is 17.9 Å². The van der Waals surface area contributed by atoms with Gasteiger partial charge in [-0.05, 0) is 35.8 Å². The van der Waals surface area contributed by atoms with Crippen LogP contribution in [-0.2, 0) is 24.9 Å². The molecule has 6 nitrogen and oxygen atoms in total. The minimum atomic E-state index is -0.394. The highest BCUT2D eigenvalue weighted by molar-refractivity contribution is 9.10. The number of aromatic nitrogens is 3. The van der Waals surface area contributed by atoms with Gasteiger partial charge >= 0.3 is 5.97 Å². The molecule has 108 valence electrons. The first kappa shape index (κ1) is 14.6. The molecule has 0 spiro atoms. The second kappa shape index (κ2) is 5.70. The van der Waals surface area contributed by atoms with E-state index in [2.05, 4.69) is 21.0 Å². The van der Waals surface area contributed by atoms with Gasteiger partial charge in [0.15, 0.2) is 0 Å². The van der Waals surface area contributed by atoms with Crippen molar-refractivity contribution in [1.29, 1.82) is 0 Å². The molecular weight excluding hydrogens is 324 g/mol. The van der Waals surface area contributed by atoms with Gasteiger partial charge in [0.05, 0.1) is 21.5 Å². The molecule has 0 bridgehead atoms. The van der Waals surface area contributed by atoms with Crippen LogP contribution in [-0.4, -0.2) is 20.3 Å². The monoisotopic (exact) mass is 340 g/mol. The Bertz CT molecular complexity index is 645. The van der Waals surface area contributed by atoms with Crippen LogP contribution in [0.3, 0.4) is 0 Å². The van der Waals surface area contributed by atoms with E-state index in [0.717, 1.165) is 15.9 Å². The molecule has 2 aromatic heterocycles. The number of nitrogen functional groups attached to an aromatic ring is 1. The van der Waals surface area contributed by atoms with Crippen molar-refractivity contribution in [3.05, 3.63) is 33.8 Å². The van der Waals surface area contributed by atoms with Gasteiger partial charge in [-0.25, -0.2) is 4.79 Å². The predicted octanol–water partition coefficient (Wildman–Crippen LogP) is 2.25. The van der Waals surface area contributed by atoms with Crippen molar-refractivity contribution < 1.29 is 9.53 Å². The first-order valence-electron chi connectivity index (χ1n) is 6.24. The fourth-order valence-corrected chi connectivity index (χ4v) is 2.46. The molecule has 2 rings (SSSR count). The molecule has 0 unspecified atom stereocenters. The maximum atomic E-state index is 12.1. The number of nitrogens with zero attached hydrogens (tertiary/aromatic N) is 3. The van der Waals surface area contributed by atoms with Crippen LogP contribution in [0, 0.1) is 6.92 Å². The molecule has 0 aliphatic rings. The Morgan fingerprint density at radius 2 is 2.25 bits per heavy atom. The summed E-state index contributed by atoms with van der Waals surface area (Å²) in [6.45, 7) is 4.65. The van der Waals surface area contributed by atoms with Crippen molar-refractivity contribution in [3.63, 3.8) is 0 Å². The topological polar surface area (TPSA) is 75.1 Å². The second-order valence-corrected chi connectivity index (χ2v) is 5.28. The third-order valence-electron chi connectivity index (χ3n) is 3.07. The predicted molar refractivity (Wildman–Crippen MR) is 79.3 cm³/mol. The van der Waals surface area contributed by atoms with Crippen LogP contribution in [0.25, 0.3) is 0 Å². The molecule has 0 saturated heterocycles. The van der Waals surface area contributed by atoms with Crippen LogP contribution in [0.15, 0.2) is 16.7 Å². The van der Waals surface area contributed by atoms with Crippen LogP contribution >= 0.6 is 15.9 Å². The zero-order chi connectivity index (χ0) is 14.9. The highest BCUT2D eigenvalue weighted by atomic mass is 79.9. The van der Waals surface area contributed by atoms with Crippen molar-refractivity contribution in [2.75, 3.05) is 5.73 Å². The third-order valence-corrected chi connectivity index (χ3v) is 4.10. The van der Waals surface area contributed by atoms with Crippen molar-refractivity contribution in [2.45, 2.75) is 27.0 Å². The minimum absolute atomic E-state index is 0.158. The van der Waals surface area contributed by atoms with E-state index in [1.807, 2.05) is 20.9 Å². The van der Waals surface area contributed by atoms with Gasteiger partial charge in [-0.3, -0.25) is 4.68 Å². The van der Waals surface area contributed by atoms with Crippen LogP contribution in [0.1, 0.15) is 28.8 Å². The van der Waals surface area contributed by atoms with Gasteiger partial charge in [0, 0.05) is 19.8 Å². The van der Waals surface area contributed by atoms with E-state index in [9.17, 15) is 4.79 Å². The Hall–Kier alpha value is -1.76. The molecule has 7 heteroatoms. The summed E-state index contributed by atoms with van der Waals surface area (Å²) in [5.74, 6) is -0.394. The summed E-state index contributed by atoms with van der Waals surface area (Å²) in [6.07, 6.45) is 1.72. The molecule has 20 heavy (non-hydrogen) atoms. The van der Waals surface area contributed by atoms with E-state index < -0.39 is 5.97 Å². The van der Waals surface area contributed by atoms with Crippen molar-refractivity contribution in [2.24, 2.45) is 7.05 Å². The summed E-state index contributed by atoms with van der Waals surface area (Å²) < 4.78 is 9.66. The largest absolute Gasteiger partial charge is 0.454 e. The molecule has 0 amide bonds. The van der Waals surface area contributed by atoms with Crippen LogP contribution in [0.5, 0.6) is 0 Å². The third kappa shape index (κ3) is 2.72. The van der Waals surface area contributed by atoms with Gasteiger partial charge in [-0.2, -0.15) is 5.10 Å². The number of aryl methyl sites for hydroxylation is 3. The van der Waals surface area contributed by atoms with Crippen LogP contribution in [0.2, 0.25) is 0 Å². The fourth-order valence-electron chi connectivity index (χ4n) is 2.01. The Morgan fingerprint density at radius 1 is 1.55 bits per heavy atom. The second-order valence-electron chi connectivity index (χ2n) is 4.49. The fraction of sp³-hybridized carbons (Fsp3) is 0.385. The van der Waals surface area contributed by atoms with Gasteiger partial charge in [0.25, 0.3) is 0 Å². The van der Waals surface area contributed by atoms with Crippen LogP contribution < -0.4 is 5.73 Å². The number of esters is 1. The Labute approximate surface area is 125 Å². The summed E-state index contributed by atoms with van der Waals surface area (Å²) in [7, 11) is 1.81.